The molecule has 0 aromatic heterocycles. The minimum atomic E-state index is -0.442. The molecule has 1 fully saturated rings. The zero-order valence-corrected chi connectivity index (χ0v) is 11.5. The fraction of sp³-hybridized carbons (Fsp3) is 0.462. The molecule has 1 aromatic carbocycles. The lowest BCUT2D eigenvalue weighted by atomic mass is 10.0. The Kier molecular flexibility index (Phi) is 4.29. The van der Waals surface area contributed by atoms with Crippen molar-refractivity contribution in [2.24, 2.45) is 0 Å². The molecule has 1 aromatic rings. The molecule has 19 heavy (non-hydrogen) atoms. The molecular formula is C13H17ClN2O3. The van der Waals surface area contributed by atoms with E-state index in [0.29, 0.717) is 31.0 Å². The first-order valence-corrected chi connectivity index (χ1v) is 6.41. The van der Waals surface area contributed by atoms with Crippen molar-refractivity contribution in [3.05, 3.63) is 28.8 Å². The minimum absolute atomic E-state index is 0.263. The van der Waals surface area contributed by atoms with E-state index in [0.717, 1.165) is 6.42 Å². The quantitative estimate of drug-likeness (QED) is 0.821. The second-order valence-electron chi connectivity index (χ2n) is 4.58. The van der Waals surface area contributed by atoms with Gasteiger partial charge >= 0.3 is 0 Å². The second-order valence-corrected chi connectivity index (χ2v) is 4.96. The maximum atomic E-state index is 12.1. The molecule has 0 saturated carbocycles. The highest BCUT2D eigenvalue weighted by atomic mass is 35.5. The molecule has 1 saturated heterocycles. The molecule has 104 valence electrons. The Morgan fingerprint density at radius 3 is 3.05 bits per heavy atom. The van der Waals surface area contributed by atoms with Gasteiger partial charge in [0.1, 0.15) is 5.60 Å². The minimum Gasteiger partial charge on any atom is -0.398 e. The van der Waals surface area contributed by atoms with Gasteiger partial charge in [-0.25, -0.2) is 0 Å². The number of benzene rings is 1. The first-order chi connectivity index (χ1) is 9.08. The van der Waals surface area contributed by atoms with Crippen molar-refractivity contribution >= 4 is 23.2 Å². The fourth-order valence-corrected chi connectivity index (χ4v) is 2.23. The third-order valence-electron chi connectivity index (χ3n) is 3.34. The maximum absolute atomic E-state index is 12.1. The van der Waals surface area contributed by atoms with Crippen molar-refractivity contribution in [3.8, 4) is 0 Å². The molecule has 2 rings (SSSR count). The van der Waals surface area contributed by atoms with Gasteiger partial charge in [0.25, 0.3) is 5.91 Å². The number of nitrogens with two attached hydrogens (primary N) is 1. The zero-order valence-electron chi connectivity index (χ0n) is 10.7. The largest absolute Gasteiger partial charge is 0.398 e. The summed E-state index contributed by atoms with van der Waals surface area (Å²) < 4.78 is 10.8. The average molecular weight is 285 g/mol. The lowest BCUT2D eigenvalue weighted by Crippen LogP contribution is -2.45. The fourth-order valence-electron chi connectivity index (χ4n) is 2.02. The van der Waals surface area contributed by atoms with Gasteiger partial charge in [0, 0.05) is 26.7 Å². The number of carbonyl (C=O) groups excluding carboxylic acids is 1. The summed E-state index contributed by atoms with van der Waals surface area (Å²) in [5, 5.41) is 3.09. The Morgan fingerprint density at radius 1 is 1.63 bits per heavy atom. The van der Waals surface area contributed by atoms with Crippen LogP contribution in [-0.4, -0.2) is 38.4 Å². The number of rotatable bonds is 4. The molecule has 5 nitrogen and oxygen atoms in total. The molecule has 1 aliphatic rings. The third kappa shape index (κ3) is 3.00. The van der Waals surface area contributed by atoms with Crippen LogP contribution in [0.15, 0.2) is 18.2 Å². The van der Waals surface area contributed by atoms with E-state index in [1.165, 1.54) is 0 Å². The first-order valence-electron chi connectivity index (χ1n) is 6.03. The Hall–Kier alpha value is -1.30. The summed E-state index contributed by atoms with van der Waals surface area (Å²) in [4.78, 5) is 12.1. The lowest BCUT2D eigenvalue weighted by molar-refractivity contribution is -0.0148. The average Bonchev–Trinajstić information content (AvgIpc) is 2.89. The standard InChI is InChI=1S/C13H17ClN2O3/c1-18-13(5-6-19-8-13)7-16-12(17)9-3-2-4-10(15)11(9)14/h2-4H,5-8,15H2,1H3,(H,16,17). The Labute approximate surface area is 117 Å². The van der Waals surface area contributed by atoms with E-state index >= 15 is 0 Å². The van der Waals surface area contributed by atoms with Crippen LogP contribution < -0.4 is 11.1 Å². The number of methoxy groups -OCH3 is 1. The summed E-state index contributed by atoms with van der Waals surface area (Å²) in [6.45, 7) is 1.50. The Balaban J connectivity index is 2.03. The smallest absolute Gasteiger partial charge is 0.252 e. The molecule has 1 aliphatic heterocycles. The van der Waals surface area contributed by atoms with Crippen molar-refractivity contribution in [2.45, 2.75) is 12.0 Å². The van der Waals surface area contributed by atoms with E-state index in [1.807, 2.05) is 0 Å². The molecule has 1 heterocycles. The highest BCUT2D eigenvalue weighted by molar-refractivity contribution is 6.36. The predicted octanol–water partition coefficient (Wildman–Crippen LogP) is 1.46. The number of halogens is 1. The van der Waals surface area contributed by atoms with Crippen molar-refractivity contribution < 1.29 is 14.3 Å². The molecule has 1 unspecified atom stereocenters. The number of nitrogens with one attached hydrogen (secondary N) is 1. The summed E-state index contributed by atoms with van der Waals surface area (Å²) >= 11 is 6.01. The summed E-state index contributed by atoms with van der Waals surface area (Å²) in [6.07, 6.45) is 0.758. The second kappa shape index (κ2) is 5.77. The third-order valence-corrected chi connectivity index (χ3v) is 3.77. The SMILES string of the molecule is COC1(CNC(=O)c2cccc(N)c2Cl)CCOC1. The van der Waals surface area contributed by atoms with Crippen LogP contribution in [-0.2, 0) is 9.47 Å². The van der Waals surface area contributed by atoms with E-state index in [2.05, 4.69) is 5.32 Å². The molecule has 6 heteroatoms. The van der Waals surface area contributed by atoms with E-state index in [1.54, 1.807) is 25.3 Å². The molecule has 0 aliphatic carbocycles. The first kappa shape index (κ1) is 14.1. The van der Waals surface area contributed by atoms with Crippen molar-refractivity contribution in [2.75, 3.05) is 32.6 Å². The van der Waals surface area contributed by atoms with Crippen LogP contribution >= 0.6 is 11.6 Å². The van der Waals surface area contributed by atoms with Gasteiger partial charge in [0.05, 0.1) is 22.9 Å². The number of amides is 1. The van der Waals surface area contributed by atoms with Gasteiger partial charge in [-0.2, -0.15) is 0 Å². The summed E-state index contributed by atoms with van der Waals surface area (Å²) in [5.74, 6) is -0.263. The summed E-state index contributed by atoms with van der Waals surface area (Å²) in [7, 11) is 1.62. The summed E-state index contributed by atoms with van der Waals surface area (Å²) in [5.41, 5.74) is 5.99. The van der Waals surface area contributed by atoms with Crippen LogP contribution in [0.1, 0.15) is 16.8 Å². The van der Waals surface area contributed by atoms with Crippen molar-refractivity contribution in [1.82, 2.24) is 5.32 Å². The van der Waals surface area contributed by atoms with Crippen LogP contribution in [0, 0.1) is 0 Å². The molecular weight excluding hydrogens is 268 g/mol. The maximum Gasteiger partial charge on any atom is 0.252 e. The molecule has 1 atom stereocenters. The van der Waals surface area contributed by atoms with Gasteiger partial charge in [-0.3, -0.25) is 4.79 Å². The van der Waals surface area contributed by atoms with E-state index in [-0.39, 0.29) is 10.9 Å². The van der Waals surface area contributed by atoms with Gasteiger partial charge in [-0.15, -0.1) is 0 Å². The van der Waals surface area contributed by atoms with Crippen LogP contribution in [0.5, 0.6) is 0 Å². The van der Waals surface area contributed by atoms with Gasteiger partial charge in [0.15, 0.2) is 0 Å². The number of hydrogen-bond acceptors (Lipinski definition) is 4. The summed E-state index contributed by atoms with van der Waals surface area (Å²) in [6, 6.07) is 4.99. The van der Waals surface area contributed by atoms with Gasteiger partial charge < -0.3 is 20.5 Å². The number of carbonyl (C=O) groups is 1. The Bertz CT molecular complexity index is 473. The van der Waals surface area contributed by atoms with Gasteiger partial charge in [-0.05, 0) is 12.1 Å². The monoisotopic (exact) mass is 284 g/mol. The van der Waals surface area contributed by atoms with Crippen LogP contribution in [0.3, 0.4) is 0 Å². The highest BCUT2D eigenvalue weighted by Crippen LogP contribution is 2.24. The van der Waals surface area contributed by atoms with E-state index in [9.17, 15) is 4.79 Å². The number of ether oxygens (including phenoxy) is 2. The van der Waals surface area contributed by atoms with Gasteiger partial charge in [-0.1, -0.05) is 17.7 Å². The normalized spacial score (nSPS) is 22.4. The molecule has 0 bridgehead atoms. The topological polar surface area (TPSA) is 73.6 Å². The lowest BCUT2D eigenvalue weighted by Gasteiger charge is -2.26. The van der Waals surface area contributed by atoms with Crippen LogP contribution in [0.25, 0.3) is 0 Å². The van der Waals surface area contributed by atoms with Gasteiger partial charge in [0.2, 0.25) is 0 Å². The number of hydrogen-bond donors (Lipinski definition) is 2. The molecule has 0 radical (unpaired) electrons. The van der Waals surface area contributed by atoms with Crippen molar-refractivity contribution in [1.29, 1.82) is 0 Å². The highest BCUT2D eigenvalue weighted by Gasteiger charge is 2.35. The van der Waals surface area contributed by atoms with Crippen LogP contribution in [0.2, 0.25) is 5.02 Å². The van der Waals surface area contributed by atoms with E-state index < -0.39 is 5.60 Å². The molecule has 1 amide bonds. The molecule has 0 spiro atoms. The number of nitrogen functional groups attached to an aromatic ring is 1. The number of anilines is 1. The van der Waals surface area contributed by atoms with Crippen molar-refractivity contribution in [3.63, 3.8) is 0 Å². The van der Waals surface area contributed by atoms with Crippen LogP contribution in [0.4, 0.5) is 5.69 Å². The zero-order chi connectivity index (χ0) is 13.9. The van der Waals surface area contributed by atoms with E-state index in [4.69, 9.17) is 26.8 Å². The molecule has 3 N–H and O–H groups in total. The predicted molar refractivity (Wildman–Crippen MR) is 73.4 cm³/mol. The Morgan fingerprint density at radius 2 is 2.42 bits per heavy atom.